The lowest BCUT2D eigenvalue weighted by molar-refractivity contribution is 0.0705. The van der Waals surface area contributed by atoms with Crippen molar-refractivity contribution in [2.24, 2.45) is 17.3 Å². The molecule has 2 aromatic carbocycles. The minimum absolute atomic E-state index is 0.127. The van der Waals surface area contributed by atoms with Crippen LogP contribution in [0.25, 0.3) is 0 Å². The summed E-state index contributed by atoms with van der Waals surface area (Å²) in [6.45, 7) is 0. The van der Waals surface area contributed by atoms with Gasteiger partial charge in [-0.05, 0) is 80.5 Å². The van der Waals surface area contributed by atoms with Crippen LogP contribution < -0.4 is 0 Å². The molecule has 5 rings (SSSR count). The maximum absolute atomic E-state index is 13.3. The van der Waals surface area contributed by atoms with E-state index in [9.17, 15) is 4.79 Å². The SMILES string of the molecule is O=C1c2cc(C#CC3CC3)ccc2CC12CCC(Cc1ccccc1)CC2. The van der Waals surface area contributed by atoms with Crippen molar-refractivity contribution in [2.45, 2.75) is 51.4 Å². The van der Waals surface area contributed by atoms with E-state index in [0.717, 1.165) is 42.7 Å². The smallest absolute Gasteiger partial charge is 0.169 e. The van der Waals surface area contributed by atoms with E-state index in [-0.39, 0.29) is 5.41 Å². The Morgan fingerprint density at radius 3 is 2.48 bits per heavy atom. The third-order valence-electron chi connectivity index (χ3n) is 6.79. The van der Waals surface area contributed by atoms with Gasteiger partial charge in [0.15, 0.2) is 5.78 Å². The van der Waals surface area contributed by atoms with Gasteiger partial charge in [0.2, 0.25) is 0 Å². The molecule has 27 heavy (non-hydrogen) atoms. The maximum atomic E-state index is 13.3. The van der Waals surface area contributed by atoms with Gasteiger partial charge in [-0.1, -0.05) is 48.2 Å². The molecule has 0 unspecified atom stereocenters. The van der Waals surface area contributed by atoms with E-state index in [1.165, 1.54) is 36.8 Å². The van der Waals surface area contributed by atoms with Crippen LogP contribution in [-0.4, -0.2) is 5.78 Å². The molecule has 136 valence electrons. The molecule has 0 aromatic heterocycles. The Hall–Kier alpha value is -2.33. The van der Waals surface area contributed by atoms with Gasteiger partial charge in [-0.2, -0.15) is 0 Å². The van der Waals surface area contributed by atoms with Gasteiger partial charge in [0.25, 0.3) is 0 Å². The Labute approximate surface area is 162 Å². The Kier molecular flexibility index (Phi) is 4.16. The third-order valence-corrected chi connectivity index (χ3v) is 6.79. The first-order chi connectivity index (χ1) is 13.2. The fourth-order valence-electron chi connectivity index (χ4n) is 4.95. The zero-order valence-corrected chi connectivity index (χ0v) is 15.8. The third kappa shape index (κ3) is 3.34. The van der Waals surface area contributed by atoms with Gasteiger partial charge < -0.3 is 0 Å². The second-order valence-corrected chi connectivity index (χ2v) is 8.83. The molecule has 0 aliphatic heterocycles. The van der Waals surface area contributed by atoms with Gasteiger partial charge in [-0.3, -0.25) is 4.79 Å². The van der Waals surface area contributed by atoms with Crippen LogP contribution in [0.4, 0.5) is 0 Å². The first-order valence-corrected chi connectivity index (χ1v) is 10.5. The average molecular weight is 354 g/mol. The summed E-state index contributed by atoms with van der Waals surface area (Å²) in [7, 11) is 0. The van der Waals surface area contributed by atoms with Crippen LogP contribution in [0.3, 0.4) is 0 Å². The Morgan fingerprint density at radius 2 is 1.74 bits per heavy atom. The van der Waals surface area contributed by atoms with Gasteiger partial charge in [0.05, 0.1) is 0 Å². The number of Topliss-reactive ketones (excluding diaryl/α,β-unsaturated/α-hetero) is 1. The summed E-state index contributed by atoms with van der Waals surface area (Å²) in [6, 6.07) is 17.1. The highest BCUT2D eigenvalue weighted by atomic mass is 16.1. The summed E-state index contributed by atoms with van der Waals surface area (Å²) in [6.07, 6.45) is 9.00. The van der Waals surface area contributed by atoms with E-state index < -0.39 is 0 Å². The van der Waals surface area contributed by atoms with E-state index in [2.05, 4.69) is 60.4 Å². The Balaban J connectivity index is 1.29. The number of carbonyl (C=O) groups is 1. The minimum atomic E-state index is -0.127. The van der Waals surface area contributed by atoms with Crippen molar-refractivity contribution < 1.29 is 4.79 Å². The van der Waals surface area contributed by atoms with Gasteiger partial charge in [0.1, 0.15) is 0 Å². The lowest BCUT2D eigenvalue weighted by atomic mass is 9.67. The first-order valence-electron chi connectivity index (χ1n) is 10.5. The van der Waals surface area contributed by atoms with Crippen LogP contribution in [0.1, 0.15) is 65.6 Å². The highest BCUT2D eigenvalue weighted by molar-refractivity contribution is 6.05. The fraction of sp³-hybridized carbons (Fsp3) is 0.423. The molecule has 0 bridgehead atoms. The average Bonchev–Trinajstić information content (AvgIpc) is 3.49. The fourth-order valence-corrected chi connectivity index (χ4v) is 4.95. The molecule has 0 N–H and O–H groups in total. The second kappa shape index (κ2) is 6.68. The Morgan fingerprint density at radius 1 is 0.963 bits per heavy atom. The highest BCUT2D eigenvalue weighted by Crippen LogP contribution is 2.49. The number of hydrogen-bond donors (Lipinski definition) is 0. The minimum Gasteiger partial charge on any atom is -0.294 e. The van der Waals surface area contributed by atoms with E-state index in [0.29, 0.717) is 11.7 Å². The molecular weight excluding hydrogens is 328 g/mol. The molecular formula is C26H26O. The van der Waals surface area contributed by atoms with Crippen molar-refractivity contribution in [3.63, 3.8) is 0 Å². The molecule has 2 saturated carbocycles. The molecule has 0 heterocycles. The highest BCUT2D eigenvalue weighted by Gasteiger charge is 2.47. The molecule has 2 aromatic rings. The molecule has 0 atom stereocenters. The van der Waals surface area contributed by atoms with Crippen molar-refractivity contribution in [1.29, 1.82) is 0 Å². The maximum Gasteiger partial charge on any atom is 0.169 e. The number of hydrogen-bond acceptors (Lipinski definition) is 1. The van der Waals surface area contributed by atoms with Crippen molar-refractivity contribution in [3.05, 3.63) is 70.8 Å². The van der Waals surface area contributed by atoms with Gasteiger partial charge >= 0.3 is 0 Å². The summed E-state index contributed by atoms with van der Waals surface area (Å²) in [5.74, 6) is 8.31. The quantitative estimate of drug-likeness (QED) is 0.641. The van der Waals surface area contributed by atoms with Crippen molar-refractivity contribution in [1.82, 2.24) is 0 Å². The lowest BCUT2D eigenvalue weighted by Gasteiger charge is -2.36. The number of fused-ring (bicyclic) bond motifs is 1. The molecule has 0 amide bonds. The van der Waals surface area contributed by atoms with Crippen LogP contribution in [0, 0.1) is 29.1 Å². The monoisotopic (exact) mass is 354 g/mol. The van der Waals surface area contributed by atoms with Crippen LogP contribution in [0.15, 0.2) is 48.5 Å². The second-order valence-electron chi connectivity index (χ2n) is 8.83. The zero-order chi connectivity index (χ0) is 18.3. The molecule has 0 radical (unpaired) electrons. The first kappa shape index (κ1) is 16.8. The van der Waals surface area contributed by atoms with Crippen LogP contribution >= 0.6 is 0 Å². The molecule has 1 heteroatoms. The van der Waals surface area contributed by atoms with Gasteiger partial charge in [-0.15, -0.1) is 0 Å². The van der Waals surface area contributed by atoms with E-state index in [1.54, 1.807) is 0 Å². The molecule has 1 nitrogen and oxygen atoms in total. The summed E-state index contributed by atoms with van der Waals surface area (Å²) in [5, 5.41) is 0. The number of ketones is 1. The van der Waals surface area contributed by atoms with Crippen molar-refractivity contribution in [2.75, 3.05) is 0 Å². The molecule has 0 saturated heterocycles. The van der Waals surface area contributed by atoms with E-state index in [1.807, 2.05) is 0 Å². The lowest BCUT2D eigenvalue weighted by Crippen LogP contribution is -2.33. The number of rotatable bonds is 2. The molecule has 2 fully saturated rings. The molecule has 3 aliphatic rings. The standard InChI is InChI=1S/C26H26O/c27-25-24-17-21(9-8-19-6-7-19)10-11-23(24)18-26(25)14-12-22(13-15-26)16-20-4-2-1-3-5-20/h1-5,10-11,17,19,22H,6-7,12-16,18H2. The normalized spacial score (nSPS) is 26.5. The molecule has 3 aliphatic carbocycles. The van der Waals surface area contributed by atoms with Crippen molar-refractivity contribution in [3.8, 4) is 11.8 Å². The van der Waals surface area contributed by atoms with E-state index >= 15 is 0 Å². The predicted octanol–water partition coefficient (Wildman–Crippen LogP) is 5.61. The van der Waals surface area contributed by atoms with Crippen LogP contribution in [0.2, 0.25) is 0 Å². The summed E-state index contributed by atoms with van der Waals surface area (Å²) < 4.78 is 0. The molecule has 1 spiro atoms. The number of benzene rings is 2. The summed E-state index contributed by atoms with van der Waals surface area (Å²) >= 11 is 0. The zero-order valence-electron chi connectivity index (χ0n) is 15.8. The topological polar surface area (TPSA) is 17.1 Å². The van der Waals surface area contributed by atoms with Gasteiger partial charge in [0, 0.05) is 22.5 Å². The largest absolute Gasteiger partial charge is 0.294 e. The van der Waals surface area contributed by atoms with Crippen LogP contribution in [0.5, 0.6) is 0 Å². The Bertz CT molecular complexity index is 916. The van der Waals surface area contributed by atoms with Crippen LogP contribution in [-0.2, 0) is 12.8 Å². The summed E-state index contributed by atoms with van der Waals surface area (Å²) in [4.78, 5) is 13.3. The number of carbonyl (C=O) groups excluding carboxylic acids is 1. The van der Waals surface area contributed by atoms with E-state index in [4.69, 9.17) is 0 Å². The predicted molar refractivity (Wildman–Crippen MR) is 109 cm³/mol. The van der Waals surface area contributed by atoms with Crippen molar-refractivity contribution >= 4 is 5.78 Å². The van der Waals surface area contributed by atoms with Gasteiger partial charge in [-0.25, -0.2) is 0 Å². The summed E-state index contributed by atoms with van der Waals surface area (Å²) in [5.41, 5.74) is 4.53.